The highest BCUT2D eigenvalue weighted by Crippen LogP contribution is 2.33. The van der Waals surface area contributed by atoms with E-state index >= 15 is 0 Å². The summed E-state index contributed by atoms with van der Waals surface area (Å²) in [4.78, 5) is 18.1. The summed E-state index contributed by atoms with van der Waals surface area (Å²) in [5.74, 6) is -0.0446. The Labute approximate surface area is 164 Å². The van der Waals surface area contributed by atoms with Crippen LogP contribution >= 0.6 is 22.9 Å². The van der Waals surface area contributed by atoms with E-state index in [1.165, 1.54) is 11.3 Å². The topological polar surface area (TPSA) is 54.0 Å². The van der Waals surface area contributed by atoms with Gasteiger partial charge in [0, 0.05) is 22.7 Å². The molecule has 0 aliphatic carbocycles. The Balaban J connectivity index is 1.80. The molecule has 0 atom stereocenters. The number of rotatable bonds is 3. The number of halogens is 1. The fourth-order valence-corrected chi connectivity index (χ4v) is 5.32. The van der Waals surface area contributed by atoms with Gasteiger partial charge in [-0.15, -0.1) is 11.3 Å². The molecular weight excluding hydrogens is 366 g/mol. The second kappa shape index (κ2) is 6.95. The van der Waals surface area contributed by atoms with Gasteiger partial charge in [-0.3, -0.25) is 4.79 Å². The lowest BCUT2D eigenvalue weighted by molar-refractivity contribution is 0.0876. The largest absolute Gasteiger partial charge is 0.348 e. The second-order valence-corrected chi connectivity index (χ2v) is 9.79. The van der Waals surface area contributed by atoms with Crippen LogP contribution in [0.15, 0.2) is 24.3 Å². The van der Waals surface area contributed by atoms with Gasteiger partial charge in [-0.1, -0.05) is 29.8 Å². The van der Waals surface area contributed by atoms with Crippen LogP contribution in [0, 0.1) is 6.92 Å². The van der Waals surface area contributed by atoms with Crippen LogP contribution in [0.3, 0.4) is 0 Å². The second-order valence-electron chi connectivity index (χ2n) is 8.38. The number of aromatic nitrogens is 1. The molecule has 1 saturated heterocycles. The molecular formula is C20H26ClN3OS. The summed E-state index contributed by atoms with van der Waals surface area (Å²) in [6, 6.07) is 7.73. The molecule has 3 rings (SSSR count). The minimum atomic E-state index is -0.0446. The van der Waals surface area contributed by atoms with Gasteiger partial charge in [-0.05, 0) is 53.5 Å². The summed E-state index contributed by atoms with van der Waals surface area (Å²) in [6.45, 7) is 10.6. The van der Waals surface area contributed by atoms with Crippen molar-refractivity contribution in [3.8, 4) is 10.6 Å². The summed E-state index contributed by atoms with van der Waals surface area (Å²) < 4.78 is 0. The van der Waals surface area contributed by atoms with Gasteiger partial charge in [0.2, 0.25) is 0 Å². The van der Waals surface area contributed by atoms with E-state index in [0.29, 0.717) is 9.90 Å². The highest BCUT2D eigenvalue weighted by molar-refractivity contribution is 7.17. The van der Waals surface area contributed by atoms with Crippen molar-refractivity contribution in [3.63, 3.8) is 0 Å². The first-order chi connectivity index (χ1) is 12.1. The lowest BCUT2D eigenvalue weighted by Gasteiger charge is -2.46. The van der Waals surface area contributed by atoms with Gasteiger partial charge in [-0.2, -0.15) is 0 Å². The molecule has 2 aromatic rings. The van der Waals surface area contributed by atoms with Crippen molar-refractivity contribution >= 4 is 28.8 Å². The molecule has 0 spiro atoms. The number of hydrogen-bond acceptors (Lipinski definition) is 4. The molecule has 0 unspecified atom stereocenters. The molecule has 140 valence electrons. The Kier molecular flexibility index (Phi) is 5.17. The number of aryl methyl sites for hydroxylation is 1. The van der Waals surface area contributed by atoms with Crippen LogP contribution in [-0.2, 0) is 0 Å². The maximum Gasteiger partial charge on any atom is 0.263 e. The number of carbonyl (C=O) groups is 1. The molecule has 1 fully saturated rings. The molecule has 26 heavy (non-hydrogen) atoms. The maximum atomic E-state index is 12.9. The third kappa shape index (κ3) is 4.27. The van der Waals surface area contributed by atoms with Crippen molar-refractivity contribution in [2.75, 3.05) is 0 Å². The molecule has 1 aliphatic rings. The molecule has 2 N–H and O–H groups in total. The van der Waals surface area contributed by atoms with Crippen LogP contribution in [0.5, 0.6) is 0 Å². The minimum absolute atomic E-state index is 0.00876. The number of hydrogen-bond donors (Lipinski definition) is 2. The number of piperidine rings is 1. The van der Waals surface area contributed by atoms with Crippen LogP contribution in [0.2, 0.25) is 5.02 Å². The molecule has 1 amide bonds. The zero-order valence-electron chi connectivity index (χ0n) is 15.9. The quantitative estimate of drug-likeness (QED) is 0.789. The zero-order chi connectivity index (χ0) is 19.1. The third-order valence-corrected chi connectivity index (χ3v) is 6.15. The van der Waals surface area contributed by atoms with Crippen LogP contribution in [-0.4, -0.2) is 28.0 Å². The lowest BCUT2D eigenvalue weighted by Crippen LogP contribution is -2.62. The molecule has 4 nitrogen and oxygen atoms in total. The standard InChI is InChI=1S/C20H26ClN3OS/c1-12-16(26-18(22-12)14-8-6-7-9-15(14)21)17(25)23-13-10-19(2,3)24-20(4,5)11-13/h6-9,13,24H,10-11H2,1-5H3,(H,23,25). The van der Waals surface area contributed by atoms with Crippen LogP contribution in [0.1, 0.15) is 55.9 Å². The van der Waals surface area contributed by atoms with Gasteiger partial charge in [0.1, 0.15) is 9.88 Å². The first-order valence-corrected chi connectivity index (χ1v) is 10.1. The summed E-state index contributed by atoms with van der Waals surface area (Å²) >= 11 is 7.68. The van der Waals surface area contributed by atoms with E-state index in [4.69, 9.17) is 11.6 Å². The van der Waals surface area contributed by atoms with Crippen molar-refractivity contribution in [2.24, 2.45) is 0 Å². The van der Waals surface area contributed by atoms with Gasteiger partial charge in [0.05, 0.1) is 10.7 Å². The van der Waals surface area contributed by atoms with Crippen molar-refractivity contribution in [3.05, 3.63) is 39.9 Å². The number of nitrogens with one attached hydrogen (secondary N) is 2. The first-order valence-electron chi connectivity index (χ1n) is 8.89. The molecule has 0 radical (unpaired) electrons. The Bertz CT molecular complexity index is 812. The highest BCUT2D eigenvalue weighted by Gasteiger charge is 2.38. The van der Waals surface area contributed by atoms with Crippen LogP contribution < -0.4 is 10.6 Å². The third-order valence-electron chi connectivity index (χ3n) is 4.63. The first kappa shape index (κ1) is 19.3. The smallest absolute Gasteiger partial charge is 0.263 e. The minimum Gasteiger partial charge on any atom is -0.348 e. The Morgan fingerprint density at radius 1 is 1.23 bits per heavy atom. The van der Waals surface area contributed by atoms with E-state index in [2.05, 4.69) is 43.3 Å². The average Bonchev–Trinajstić information content (AvgIpc) is 2.86. The summed E-state index contributed by atoms with van der Waals surface area (Å²) in [7, 11) is 0. The van der Waals surface area contributed by atoms with Crippen molar-refractivity contribution in [1.29, 1.82) is 0 Å². The van der Waals surface area contributed by atoms with Crippen molar-refractivity contribution in [1.82, 2.24) is 15.6 Å². The SMILES string of the molecule is Cc1nc(-c2ccccc2Cl)sc1C(=O)NC1CC(C)(C)NC(C)(C)C1. The summed E-state index contributed by atoms with van der Waals surface area (Å²) in [6.07, 6.45) is 1.80. The fourth-order valence-electron chi connectivity index (χ4n) is 4.03. The van der Waals surface area contributed by atoms with Gasteiger partial charge in [0.25, 0.3) is 5.91 Å². The van der Waals surface area contributed by atoms with Gasteiger partial charge in [-0.25, -0.2) is 4.98 Å². The van der Waals surface area contributed by atoms with E-state index in [1.807, 2.05) is 31.2 Å². The van der Waals surface area contributed by atoms with Crippen molar-refractivity contribution < 1.29 is 4.79 Å². The van der Waals surface area contributed by atoms with Gasteiger partial charge in [0.15, 0.2) is 0 Å². The van der Waals surface area contributed by atoms with E-state index in [-0.39, 0.29) is 23.0 Å². The number of thiazole rings is 1. The molecule has 6 heteroatoms. The zero-order valence-corrected chi connectivity index (χ0v) is 17.5. The predicted molar refractivity (Wildman–Crippen MR) is 109 cm³/mol. The Morgan fingerprint density at radius 2 is 1.85 bits per heavy atom. The maximum absolute atomic E-state index is 12.9. The Hall–Kier alpha value is -1.43. The molecule has 1 aromatic heterocycles. The predicted octanol–water partition coefficient (Wildman–Crippen LogP) is 4.81. The monoisotopic (exact) mass is 391 g/mol. The normalized spacial score (nSPS) is 19.3. The lowest BCUT2D eigenvalue weighted by atomic mass is 9.79. The number of nitrogens with zero attached hydrogens (tertiary/aromatic N) is 1. The number of carbonyl (C=O) groups excluding carboxylic acids is 1. The van der Waals surface area contributed by atoms with Gasteiger partial charge >= 0.3 is 0 Å². The van der Waals surface area contributed by atoms with E-state index in [0.717, 1.165) is 29.1 Å². The van der Waals surface area contributed by atoms with E-state index < -0.39 is 0 Å². The molecule has 0 bridgehead atoms. The molecule has 1 aliphatic heterocycles. The molecule has 2 heterocycles. The van der Waals surface area contributed by atoms with Crippen molar-refractivity contribution in [2.45, 2.75) is 64.6 Å². The summed E-state index contributed by atoms with van der Waals surface area (Å²) in [5.41, 5.74) is 1.59. The van der Waals surface area contributed by atoms with E-state index in [1.54, 1.807) is 0 Å². The number of amides is 1. The van der Waals surface area contributed by atoms with Crippen LogP contribution in [0.4, 0.5) is 0 Å². The number of benzene rings is 1. The summed E-state index contributed by atoms with van der Waals surface area (Å²) in [5, 5.41) is 8.30. The van der Waals surface area contributed by atoms with Gasteiger partial charge < -0.3 is 10.6 Å². The molecule has 1 aromatic carbocycles. The van der Waals surface area contributed by atoms with E-state index in [9.17, 15) is 4.79 Å². The Morgan fingerprint density at radius 3 is 2.46 bits per heavy atom. The average molecular weight is 392 g/mol. The fraction of sp³-hybridized carbons (Fsp3) is 0.500. The molecule has 0 saturated carbocycles. The highest BCUT2D eigenvalue weighted by atomic mass is 35.5. The van der Waals surface area contributed by atoms with Crippen LogP contribution in [0.25, 0.3) is 10.6 Å².